The van der Waals surface area contributed by atoms with E-state index in [4.69, 9.17) is 5.11 Å². The van der Waals surface area contributed by atoms with Crippen molar-refractivity contribution >= 4 is 27.5 Å². The molecule has 154 valence electrons. The van der Waals surface area contributed by atoms with E-state index in [1.165, 1.54) is 6.92 Å². The van der Waals surface area contributed by atoms with Gasteiger partial charge in [-0.25, -0.2) is 9.78 Å². The van der Waals surface area contributed by atoms with E-state index in [0.29, 0.717) is 23.5 Å². The van der Waals surface area contributed by atoms with E-state index in [1.54, 1.807) is 0 Å². The summed E-state index contributed by atoms with van der Waals surface area (Å²) >= 11 is 0.695. The van der Waals surface area contributed by atoms with Crippen LogP contribution in [-0.2, 0) is 18.8 Å². The number of H-pyrrole nitrogens is 1. The molecule has 2 heterocycles. The largest absolute Gasteiger partial charge is 0.477 e. The third-order valence-corrected chi connectivity index (χ3v) is 5.24. The minimum atomic E-state index is -5.00. The standard InChI is InChI=1S/C17H10F6N2O3S/c1-6-11-13(26)24-10(25-14(11)29-12(6)15(27)28)4-7-2-8(16(18,19)20)5-9(3-7)17(21,22)23/h2-3,5H,4H2,1H3,(H,27,28)(H,24,25,26). The summed E-state index contributed by atoms with van der Waals surface area (Å²) < 4.78 is 77.9. The van der Waals surface area contributed by atoms with Gasteiger partial charge in [-0.2, -0.15) is 26.3 Å². The predicted octanol–water partition coefficient (Wildman–Crippen LogP) is 4.62. The molecule has 0 amide bonds. The second-order valence-corrected chi connectivity index (χ2v) is 7.14. The van der Waals surface area contributed by atoms with Gasteiger partial charge in [0.1, 0.15) is 15.5 Å². The van der Waals surface area contributed by atoms with Crippen LogP contribution in [0, 0.1) is 6.92 Å². The summed E-state index contributed by atoms with van der Waals surface area (Å²) in [7, 11) is 0. The van der Waals surface area contributed by atoms with Crippen LogP contribution >= 0.6 is 11.3 Å². The van der Waals surface area contributed by atoms with Gasteiger partial charge in [0, 0.05) is 6.42 Å². The first-order chi connectivity index (χ1) is 13.3. The zero-order valence-corrected chi connectivity index (χ0v) is 15.1. The fourth-order valence-corrected chi connectivity index (χ4v) is 3.83. The number of carbonyl (C=O) groups is 1. The number of thiophene rings is 1. The lowest BCUT2D eigenvalue weighted by Gasteiger charge is -2.14. The van der Waals surface area contributed by atoms with Crippen LogP contribution in [0.2, 0.25) is 0 Å². The summed E-state index contributed by atoms with van der Waals surface area (Å²) in [5.74, 6) is -1.47. The van der Waals surface area contributed by atoms with Gasteiger partial charge in [-0.3, -0.25) is 4.79 Å². The zero-order chi connectivity index (χ0) is 21.7. The number of benzene rings is 1. The molecule has 0 spiro atoms. The van der Waals surface area contributed by atoms with Crippen molar-refractivity contribution in [3.63, 3.8) is 0 Å². The fourth-order valence-electron chi connectivity index (χ4n) is 2.79. The molecule has 5 nitrogen and oxygen atoms in total. The Morgan fingerprint density at radius 3 is 2.14 bits per heavy atom. The number of hydrogen-bond acceptors (Lipinski definition) is 4. The Morgan fingerprint density at radius 1 is 1.10 bits per heavy atom. The maximum Gasteiger partial charge on any atom is 0.416 e. The summed E-state index contributed by atoms with van der Waals surface area (Å²) in [6.07, 6.45) is -10.5. The highest BCUT2D eigenvalue weighted by Gasteiger charge is 2.37. The quantitative estimate of drug-likeness (QED) is 0.587. The summed E-state index contributed by atoms with van der Waals surface area (Å²) in [4.78, 5) is 29.7. The van der Waals surface area contributed by atoms with Crippen LogP contribution in [0.1, 0.15) is 37.7 Å². The molecule has 29 heavy (non-hydrogen) atoms. The number of carboxylic acid groups (broad SMARTS) is 1. The molecule has 0 saturated heterocycles. The van der Waals surface area contributed by atoms with Crippen LogP contribution in [-0.4, -0.2) is 21.0 Å². The van der Waals surface area contributed by atoms with Gasteiger partial charge in [-0.15, -0.1) is 11.3 Å². The number of nitrogens with zero attached hydrogens (tertiary/aromatic N) is 1. The van der Waals surface area contributed by atoms with E-state index in [1.807, 2.05) is 0 Å². The van der Waals surface area contributed by atoms with Crippen LogP contribution in [0.3, 0.4) is 0 Å². The number of aromatic amines is 1. The van der Waals surface area contributed by atoms with E-state index >= 15 is 0 Å². The molecular weight excluding hydrogens is 426 g/mol. The van der Waals surface area contributed by atoms with Crippen molar-refractivity contribution in [3.8, 4) is 0 Å². The molecule has 0 aliphatic heterocycles. The zero-order valence-electron chi connectivity index (χ0n) is 14.3. The Labute approximate surface area is 161 Å². The molecule has 2 N–H and O–H groups in total. The number of hydrogen-bond donors (Lipinski definition) is 2. The number of carboxylic acids is 1. The third kappa shape index (κ3) is 4.11. The molecule has 0 fully saturated rings. The highest BCUT2D eigenvalue weighted by atomic mass is 32.1. The minimum Gasteiger partial charge on any atom is -0.477 e. The van der Waals surface area contributed by atoms with Gasteiger partial charge in [0.25, 0.3) is 5.56 Å². The van der Waals surface area contributed by atoms with Crippen molar-refractivity contribution in [1.29, 1.82) is 0 Å². The number of aromatic nitrogens is 2. The predicted molar refractivity (Wildman–Crippen MR) is 91.2 cm³/mol. The maximum absolute atomic E-state index is 13.0. The van der Waals surface area contributed by atoms with Gasteiger partial charge in [0.05, 0.1) is 16.5 Å². The summed E-state index contributed by atoms with van der Waals surface area (Å²) in [5.41, 5.74) is -3.87. The van der Waals surface area contributed by atoms with Crippen molar-refractivity contribution in [2.24, 2.45) is 0 Å². The fraction of sp³-hybridized carbons (Fsp3) is 0.235. The molecular formula is C17H10F6N2O3S. The average molecular weight is 436 g/mol. The summed E-state index contributed by atoms with van der Waals surface area (Å²) in [6, 6.07) is 1.09. The van der Waals surface area contributed by atoms with Crippen molar-refractivity contribution < 1.29 is 36.2 Å². The summed E-state index contributed by atoms with van der Waals surface area (Å²) in [6.45, 7) is 1.40. The third-order valence-electron chi connectivity index (χ3n) is 4.06. The van der Waals surface area contributed by atoms with Crippen molar-refractivity contribution in [3.05, 3.63) is 61.5 Å². The van der Waals surface area contributed by atoms with Crippen molar-refractivity contribution in [1.82, 2.24) is 9.97 Å². The highest BCUT2D eigenvalue weighted by molar-refractivity contribution is 7.20. The van der Waals surface area contributed by atoms with E-state index in [9.17, 15) is 35.9 Å². The van der Waals surface area contributed by atoms with E-state index < -0.39 is 41.4 Å². The second kappa shape index (κ2) is 6.87. The lowest BCUT2D eigenvalue weighted by atomic mass is 10.0. The number of fused-ring (bicyclic) bond motifs is 1. The number of aromatic carboxylic acids is 1. The lowest BCUT2D eigenvalue weighted by molar-refractivity contribution is -0.143. The number of nitrogens with one attached hydrogen (secondary N) is 1. The van der Waals surface area contributed by atoms with Crippen LogP contribution in [0.4, 0.5) is 26.3 Å². The second-order valence-electron chi connectivity index (χ2n) is 6.15. The van der Waals surface area contributed by atoms with Gasteiger partial charge in [0.15, 0.2) is 0 Å². The highest BCUT2D eigenvalue weighted by Crippen LogP contribution is 2.36. The van der Waals surface area contributed by atoms with Gasteiger partial charge in [-0.05, 0) is 36.2 Å². The molecule has 0 unspecified atom stereocenters. The molecule has 3 aromatic rings. The first-order valence-corrected chi connectivity index (χ1v) is 8.63. The molecule has 3 rings (SSSR count). The van der Waals surface area contributed by atoms with Gasteiger partial charge >= 0.3 is 18.3 Å². The Morgan fingerprint density at radius 2 is 1.66 bits per heavy atom. The molecule has 0 radical (unpaired) electrons. The SMILES string of the molecule is Cc1c(C(=O)O)sc2nc(Cc3cc(C(F)(F)F)cc(C(F)(F)F)c3)[nH]c(=O)c12. The Hall–Kier alpha value is -2.89. The first kappa shape index (κ1) is 20.8. The van der Waals surface area contributed by atoms with Crippen molar-refractivity contribution in [2.75, 3.05) is 0 Å². The lowest BCUT2D eigenvalue weighted by Crippen LogP contribution is -2.14. The van der Waals surface area contributed by atoms with Crippen molar-refractivity contribution in [2.45, 2.75) is 25.7 Å². The molecule has 2 aromatic heterocycles. The molecule has 0 bridgehead atoms. The molecule has 0 aliphatic carbocycles. The number of rotatable bonds is 3. The van der Waals surface area contributed by atoms with Crippen LogP contribution in [0.5, 0.6) is 0 Å². The molecule has 1 aromatic carbocycles. The van der Waals surface area contributed by atoms with Gasteiger partial charge in [0.2, 0.25) is 0 Å². The van der Waals surface area contributed by atoms with Crippen LogP contribution in [0.15, 0.2) is 23.0 Å². The van der Waals surface area contributed by atoms with E-state index in [2.05, 4.69) is 9.97 Å². The Balaban J connectivity index is 2.11. The first-order valence-electron chi connectivity index (χ1n) is 7.81. The van der Waals surface area contributed by atoms with E-state index in [0.717, 1.165) is 0 Å². The normalized spacial score (nSPS) is 12.5. The van der Waals surface area contributed by atoms with E-state index in [-0.39, 0.29) is 38.1 Å². The topological polar surface area (TPSA) is 83.0 Å². The number of halogens is 6. The molecule has 0 atom stereocenters. The molecule has 12 heteroatoms. The Bertz CT molecular complexity index is 1140. The number of aryl methyl sites for hydroxylation is 1. The smallest absolute Gasteiger partial charge is 0.416 e. The van der Waals surface area contributed by atoms with Crippen LogP contribution < -0.4 is 5.56 Å². The molecule has 0 aliphatic rings. The number of alkyl halides is 6. The summed E-state index contributed by atoms with van der Waals surface area (Å²) in [5, 5.41) is 9.14. The maximum atomic E-state index is 13.0. The Kier molecular flexibility index (Phi) is 4.93. The monoisotopic (exact) mass is 436 g/mol. The average Bonchev–Trinajstić information content (AvgIpc) is 2.90. The van der Waals surface area contributed by atoms with Crippen LogP contribution in [0.25, 0.3) is 10.2 Å². The van der Waals surface area contributed by atoms with Gasteiger partial charge < -0.3 is 10.1 Å². The minimum absolute atomic E-state index is 0.00460. The van der Waals surface area contributed by atoms with Gasteiger partial charge in [-0.1, -0.05) is 0 Å². The molecule has 0 saturated carbocycles.